The van der Waals surface area contributed by atoms with Gasteiger partial charge >= 0.3 is 0 Å². The van der Waals surface area contributed by atoms with Gasteiger partial charge in [0.25, 0.3) is 11.1 Å². The lowest BCUT2D eigenvalue weighted by atomic mass is 10.1. The summed E-state index contributed by atoms with van der Waals surface area (Å²) in [5.74, 6) is -1.54. The molecular weight excluding hydrogens is 424 g/mol. The second kappa shape index (κ2) is 8.73. The number of aromatic nitrogens is 1. The predicted molar refractivity (Wildman–Crippen MR) is 114 cm³/mol. The molecule has 1 saturated heterocycles. The third-order valence-corrected chi connectivity index (χ3v) is 5.69. The van der Waals surface area contributed by atoms with Crippen molar-refractivity contribution in [2.75, 3.05) is 13.1 Å². The first-order valence-corrected chi connectivity index (χ1v) is 10.3. The average Bonchev–Trinajstić information content (AvgIpc) is 3.24. The van der Waals surface area contributed by atoms with Crippen LogP contribution in [-0.4, -0.2) is 40.0 Å². The molecule has 3 amide bonds. The molecule has 0 aliphatic carbocycles. The van der Waals surface area contributed by atoms with Crippen molar-refractivity contribution in [1.82, 2.24) is 15.2 Å². The minimum Gasteiger partial charge on any atom is -0.361 e. The number of carbonyl (C=O) groups excluding carboxylic acids is 3. The van der Waals surface area contributed by atoms with Crippen molar-refractivity contribution in [3.8, 4) is 0 Å². The normalized spacial score (nSPS) is 15.3. The van der Waals surface area contributed by atoms with Crippen molar-refractivity contribution in [2.45, 2.75) is 6.42 Å². The van der Waals surface area contributed by atoms with Crippen LogP contribution in [0.1, 0.15) is 11.1 Å². The minimum absolute atomic E-state index is 0.0275. The maximum atomic E-state index is 13.5. The van der Waals surface area contributed by atoms with Crippen molar-refractivity contribution in [2.24, 2.45) is 0 Å². The first kappa shape index (κ1) is 20.8. The molecule has 1 aliphatic heterocycles. The SMILES string of the molecule is O=C(Cc1c[nH]c2ccc(F)cc12)NCCN1C(=O)SC(=Cc2ccc(F)cc2)C1=O. The van der Waals surface area contributed by atoms with E-state index < -0.39 is 17.0 Å². The van der Waals surface area contributed by atoms with Crippen LogP contribution in [-0.2, 0) is 16.0 Å². The lowest BCUT2D eigenvalue weighted by molar-refractivity contribution is -0.124. The summed E-state index contributed by atoms with van der Waals surface area (Å²) < 4.78 is 26.5. The molecule has 3 aromatic rings. The molecule has 0 saturated carbocycles. The Balaban J connectivity index is 1.33. The van der Waals surface area contributed by atoms with Gasteiger partial charge in [0.1, 0.15) is 11.6 Å². The monoisotopic (exact) mass is 441 g/mol. The molecule has 158 valence electrons. The minimum atomic E-state index is -0.458. The van der Waals surface area contributed by atoms with Crippen LogP contribution in [0.4, 0.5) is 13.6 Å². The highest BCUT2D eigenvalue weighted by atomic mass is 32.2. The van der Waals surface area contributed by atoms with Crippen molar-refractivity contribution in [3.63, 3.8) is 0 Å². The highest BCUT2D eigenvalue weighted by Gasteiger charge is 2.34. The first-order valence-electron chi connectivity index (χ1n) is 9.44. The van der Waals surface area contributed by atoms with E-state index in [0.29, 0.717) is 16.5 Å². The number of halogens is 2. The number of fused-ring (bicyclic) bond motifs is 1. The van der Waals surface area contributed by atoms with E-state index in [2.05, 4.69) is 10.3 Å². The standard InChI is InChI=1S/C22H17F2N3O3S/c23-15-3-1-13(2-4-15)9-19-21(29)27(22(30)31-19)8-7-25-20(28)10-14-12-26-18-6-5-16(24)11-17(14)18/h1-6,9,11-12,26H,7-8,10H2,(H,25,28). The van der Waals surface area contributed by atoms with Crippen LogP contribution in [0.2, 0.25) is 0 Å². The molecule has 31 heavy (non-hydrogen) atoms. The first-order chi connectivity index (χ1) is 14.9. The molecule has 2 heterocycles. The highest BCUT2D eigenvalue weighted by Crippen LogP contribution is 2.31. The molecule has 1 aliphatic rings. The number of benzene rings is 2. The number of rotatable bonds is 6. The number of H-pyrrole nitrogens is 1. The highest BCUT2D eigenvalue weighted by molar-refractivity contribution is 8.18. The Bertz CT molecular complexity index is 1200. The Morgan fingerprint density at radius 1 is 1.10 bits per heavy atom. The molecule has 4 rings (SSSR count). The van der Waals surface area contributed by atoms with Gasteiger partial charge in [0.05, 0.1) is 11.3 Å². The zero-order chi connectivity index (χ0) is 22.0. The fourth-order valence-electron chi connectivity index (χ4n) is 3.24. The number of hydrogen-bond donors (Lipinski definition) is 2. The molecule has 2 N–H and O–H groups in total. The van der Waals surface area contributed by atoms with Gasteiger partial charge < -0.3 is 10.3 Å². The number of amides is 3. The Hall–Kier alpha value is -3.46. The summed E-state index contributed by atoms with van der Waals surface area (Å²) in [6, 6.07) is 9.87. The van der Waals surface area contributed by atoms with E-state index >= 15 is 0 Å². The van der Waals surface area contributed by atoms with Gasteiger partial charge in [0.15, 0.2) is 0 Å². The number of hydrogen-bond acceptors (Lipinski definition) is 4. The summed E-state index contributed by atoms with van der Waals surface area (Å²) in [4.78, 5) is 41.2. The van der Waals surface area contributed by atoms with Crippen LogP contribution < -0.4 is 5.32 Å². The number of imide groups is 1. The van der Waals surface area contributed by atoms with Crippen LogP contribution in [0.25, 0.3) is 17.0 Å². The molecule has 0 spiro atoms. The van der Waals surface area contributed by atoms with E-state index in [0.717, 1.165) is 22.2 Å². The molecule has 0 radical (unpaired) electrons. The maximum Gasteiger partial charge on any atom is 0.293 e. The van der Waals surface area contributed by atoms with E-state index in [1.807, 2.05) is 0 Å². The molecular formula is C22H17F2N3O3S. The van der Waals surface area contributed by atoms with Gasteiger partial charge in [0.2, 0.25) is 5.91 Å². The van der Waals surface area contributed by atoms with Gasteiger partial charge in [-0.15, -0.1) is 0 Å². The van der Waals surface area contributed by atoms with E-state index in [1.54, 1.807) is 12.3 Å². The largest absolute Gasteiger partial charge is 0.361 e. The van der Waals surface area contributed by atoms with E-state index in [4.69, 9.17) is 0 Å². The topological polar surface area (TPSA) is 82.3 Å². The van der Waals surface area contributed by atoms with Gasteiger partial charge in [-0.2, -0.15) is 0 Å². The van der Waals surface area contributed by atoms with E-state index in [1.165, 1.54) is 42.5 Å². The Labute approximate surface area is 180 Å². The molecule has 2 aromatic carbocycles. The number of thioether (sulfide) groups is 1. The summed E-state index contributed by atoms with van der Waals surface area (Å²) in [5, 5.41) is 2.88. The van der Waals surface area contributed by atoms with Crippen molar-refractivity contribution < 1.29 is 23.2 Å². The van der Waals surface area contributed by atoms with E-state index in [-0.39, 0.29) is 36.1 Å². The lowest BCUT2D eigenvalue weighted by Gasteiger charge is -2.13. The third kappa shape index (κ3) is 4.66. The Morgan fingerprint density at radius 3 is 2.61 bits per heavy atom. The third-order valence-electron chi connectivity index (χ3n) is 4.78. The van der Waals surface area contributed by atoms with Crippen LogP contribution in [0.3, 0.4) is 0 Å². The molecule has 1 fully saturated rings. The summed E-state index contributed by atoms with van der Waals surface area (Å²) >= 11 is 0.799. The van der Waals surface area contributed by atoms with Gasteiger partial charge in [-0.25, -0.2) is 8.78 Å². The van der Waals surface area contributed by atoms with Crippen LogP contribution >= 0.6 is 11.8 Å². The van der Waals surface area contributed by atoms with Gasteiger partial charge in [-0.1, -0.05) is 12.1 Å². The van der Waals surface area contributed by atoms with Crippen LogP contribution in [0.5, 0.6) is 0 Å². The predicted octanol–water partition coefficient (Wildman–Crippen LogP) is 3.84. The number of nitrogens with zero attached hydrogens (tertiary/aromatic N) is 1. The molecule has 0 unspecified atom stereocenters. The summed E-state index contributed by atoms with van der Waals surface area (Å²) in [7, 11) is 0. The summed E-state index contributed by atoms with van der Waals surface area (Å²) in [5.41, 5.74) is 1.99. The van der Waals surface area contributed by atoms with Crippen molar-refractivity contribution >= 4 is 45.8 Å². The lowest BCUT2D eigenvalue weighted by Crippen LogP contribution is -2.37. The average molecular weight is 441 g/mol. The second-order valence-corrected chi connectivity index (χ2v) is 7.91. The molecule has 0 atom stereocenters. The quantitative estimate of drug-likeness (QED) is 0.570. The summed E-state index contributed by atoms with van der Waals surface area (Å²) in [6.07, 6.45) is 3.22. The van der Waals surface area contributed by atoms with E-state index in [9.17, 15) is 23.2 Å². The zero-order valence-electron chi connectivity index (χ0n) is 16.2. The van der Waals surface area contributed by atoms with Crippen molar-refractivity contribution in [1.29, 1.82) is 0 Å². The van der Waals surface area contributed by atoms with Gasteiger partial charge in [-0.05, 0) is 59.3 Å². The smallest absolute Gasteiger partial charge is 0.293 e. The molecule has 1 aromatic heterocycles. The zero-order valence-corrected chi connectivity index (χ0v) is 17.0. The van der Waals surface area contributed by atoms with Crippen molar-refractivity contribution in [3.05, 3.63) is 76.3 Å². The fraction of sp³-hybridized carbons (Fsp3) is 0.136. The van der Waals surface area contributed by atoms with Crippen LogP contribution in [0, 0.1) is 11.6 Å². The molecule has 6 nitrogen and oxygen atoms in total. The Kier molecular flexibility index (Phi) is 5.85. The van der Waals surface area contributed by atoms with Gasteiger partial charge in [0, 0.05) is 30.2 Å². The molecule has 9 heteroatoms. The summed E-state index contributed by atoms with van der Waals surface area (Å²) in [6.45, 7) is 0.122. The second-order valence-electron chi connectivity index (χ2n) is 6.92. The molecule has 0 bridgehead atoms. The van der Waals surface area contributed by atoms with Gasteiger partial charge in [-0.3, -0.25) is 19.3 Å². The number of nitrogens with one attached hydrogen (secondary N) is 2. The fourth-order valence-corrected chi connectivity index (χ4v) is 4.11. The number of carbonyl (C=O) groups is 3. The Morgan fingerprint density at radius 2 is 1.84 bits per heavy atom. The number of aromatic amines is 1. The maximum absolute atomic E-state index is 13.5. The van der Waals surface area contributed by atoms with Crippen LogP contribution in [0.15, 0.2) is 53.6 Å².